The number of fused-ring (bicyclic) bond motifs is 1. The number of aryl methyl sites for hydroxylation is 1. The van der Waals surface area contributed by atoms with Crippen molar-refractivity contribution in [2.75, 3.05) is 12.1 Å². The lowest BCUT2D eigenvalue weighted by Crippen LogP contribution is -2.26. The van der Waals surface area contributed by atoms with E-state index in [9.17, 15) is 0 Å². The lowest BCUT2D eigenvalue weighted by Gasteiger charge is -2.14. The van der Waals surface area contributed by atoms with Gasteiger partial charge in [0, 0.05) is 12.4 Å². The first-order valence-electron chi connectivity index (χ1n) is 4.53. The van der Waals surface area contributed by atoms with E-state index in [1.54, 1.807) is 12.1 Å². The van der Waals surface area contributed by atoms with Crippen molar-refractivity contribution in [2.24, 2.45) is 5.84 Å². The Hall–Kier alpha value is -1.61. The van der Waals surface area contributed by atoms with Crippen LogP contribution in [0.15, 0.2) is 30.3 Å². The normalized spacial score (nSPS) is 10.5. The first kappa shape index (κ1) is 8.97. The van der Waals surface area contributed by atoms with E-state index in [2.05, 4.69) is 17.1 Å². The highest BCUT2D eigenvalue weighted by Crippen LogP contribution is 2.20. The van der Waals surface area contributed by atoms with Gasteiger partial charge in [-0.1, -0.05) is 18.2 Å². The minimum atomic E-state index is 0.823. The summed E-state index contributed by atoms with van der Waals surface area (Å²) < 4.78 is 0. The molecule has 0 saturated heterocycles. The summed E-state index contributed by atoms with van der Waals surface area (Å²) >= 11 is 0. The van der Waals surface area contributed by atoms with E-state index in [4.69, 9.17) is 5.84 Å². The number of hydrogen-bond donors (Lipinski definition) is 1. The Balaban J connectivity index is 2.71. The first-order chi connectivity index (χ1) is 6.68. The van der Waals surface area contributed by atoms with Gasteiger partial charge in [-0.25, -0.2) is 10.8 Å². The van der Waals surface area contributed by atoms with E-state index in [0.717, 1.165) is 22.3 Å². The van der Waals surface area contributed by atoms with Gasteiger partial charge in [-0.15, -0.1) is 0 Å². The quantitative estimate of drug-likeness (QED) is 0.547. The van der Waals surface area contributed by atoms with Gasteiger partial charge in [0.1, 0.15) is 5.82 Å². The summed E-state index contributed by atoms with van der Waals surface area (Å²) in [5.41, 5.74) is 2.07. The fourth-order valence-corrected chi connectivity index (χ4v) is 1.57. The summed E-state index contributed by atoms with van der Waals surface area (Å²) in [7, 11) is 1.80. The van der Waals surface area contributed by atoms with Gasteiger partial charge in [0.25, 0.3) is 0 Å². The van der Waals surface area contributed by atoms with Gasteiger partial charge >= 0.3 is 0 Å². The fourth-order valence-electron chi connectivity index (χ4n) is 1.57. The number of benzene rings is 1. The number of para-hydroxylation sites is 1. The highest BCUT2D eigenvalue weighted by Gasteiger charge is 2.04. The molecule has 2 aromatic rings. The summed E-state index contributed by atoms with van der Waals surface area (Å²) in [4.78, 5) is 4.48. The largest absolute Gasteiger partial charge is 0.298 e. The maximum Gasteiger partial charge on any atom is 0.145 e. The molecule has 0 amide bonds. The molecule has 2 N–H and O–H groups in total. The van der Waals surface area contributed by atoms with Gasteiger partial charge < -0.3 is 0 Å². The van der Waals surface area contributed by atoms with Crippen LogP contribution in [-0.4, -0.2) is 12.0 Å². The summed E-state index contributed by atoms with van der Waals surface area (Å²) in [6, 6.07) is 10.1. The van der Waals surface area contributed by atoms with Crippen molar-refractivity contribution in [1.29, 1.82) is 0 Å². The third-order valence-corrected chi connectivity index (χ3v) is 2.22. The van der Waals surface area contributed by atoms with Crippen molar-refractivity contribution in [2.45, 2.75) is 6.92 Å². The number of nitrogens with zero attached hydrogens (tertiary/aromatic N) is 2. The molecule has 2 rings (SSSR count). The van der Waals surface area contributed by atoms with Crippen LogP contribution in [0.25, 0.3) is 10.9 Å². The Morgan fingerprint density at radius 2 is 2.00 bits per heavy atom. The third-order valence-electron chi connectivity index (χ3n) is 2.22. The van der Waals surface area contributed by atoms with Crippen LogP contribution in [0.3, 0.4) is 0 Å². The van der Waals surface area contributed by atoms with Crippen LogP contribution in [0.2, 0.25) is 0 Å². The molecule has 0 aliphatic heterocycles. The van der Waals surface area contributed by atoms with Gasteiger partial charge in [0.15, 0.2) is 0 Å². The number of nitrogens with two attached hydrogens (primary N) is 1. The molecule has 3 nitrogen and oxygen atoms in total. The second-order valence-electron chi connectivity index (χ2n) is 3.43. The molecular formula is C11H13N3. The van der Waals surface area contributed by atoms with Crippen molar-refractivity contribution < 1.29 is 0 Å². The maximum atomic E-state index is 5.68. The number of pyridine rings is 1. The van der Waals surface area contributed by atoms with E-state index in [1.165, 1.54) is 0 Å². The third kappa shape index (κ3) is 1.42. The topological polar surface area (TPSA) is 42.2 Å². The Kier molecular flexibility index (Phi) is 2.09. The Morgan fingerprint density at radius 1 is 1.29 bits per heavy atom. The van der Waals surface area contributed by atoms with Gasteiger partial charge in [0.05, 0.1) is 5.52 Å². The second kappa shape index (κ2) is 3.27. The monoisotopic (exact) mass is 187 g/mol. The van der Waals surface area contributed by atoms with Crippen molar-refractivity contribution in [3.8, 4) is 0 Å². The van der Waals surface area contributed by atoms with E-state index in [0.29, 0.717) is 0 Å². The van der Waals surface area contributed by atoms with Crippen molar-refractivity contribution in [3.05, 3.63) is 35.9 Å². The Morgan fingerprint density at radius 3 is 2.71 bits per heavy atom. The van der Waals surface area contributed by atoms with Crippen LogP contribution in [-0.2, 0) is 0 Å². The molecule has 0 radical (unpaired) electrons. The van der Waals surface area contributed by atoms with Crippen molar-refractivity contribution >= 4 is 16.7 Å². The molecule has 0 bridgehead atoms. The molecule has 0 atom stereocenters. The average Bonchev–Trinajstić information content (AvgIpc) is 2.16. The Labute approximate surface area is 83.1 Å². The van der Waals surface area contributed by atoms with Crippen LogP contribution < -0.4 is 10.9 Å². The molecule has 72 valence electrons. The van der Waals surface area contributed by atoms with Gasteiger partial charge in [-0.05, 0) is 24.6 Å². The van der Waals surface area contributed by atoms with Gasteiger partial charge in [0.2, 0.25) is 0 Å². The maximum absolute atomic E-state index is 5.68. The lowest BCUT2D eigenvalue weighted by molar-refractivity contribution is 0.974. The van der Waals surface area contributed by atoms with Crippen LogP contribution in [0.4, 0.5) is 5.82 Å². The molecule has 1 aromatic heterocycles. The van der Waals surface area contributed by atoms with Gasteiger partial charge in [-0.3, -0.25) is 5.01 Å². The minimum Gasteiger partial charge on any atom is -0.298 e. The van der Waals surface area contributed by atoms with Crippen molar-refractivity contribution in [3.63, 3.8) is 0 Å². The average molecular weight is 187 g/mol. The van der Waals surface area contributed by atoms with E-state index >= 15 is 0 Å². The standard InChI is InChI=1S/C11H13N3/c1-8-7-9-5-3-4-6-10(9)13-11(8)14(2)12/h3-7H,12H2,1-2H3. The number of aromatic nitrogens is 1. The number of hydrogen-bond acceptors (Lipinski definition) is 3. The smallest absolute Gasteiger partial charge is 0.145 e. The number of anilines is 1. The van der Waals surface area contributed by atoms with Gasteiger partial charge in [-0.2, -0.15) is 0 Å². The van der Waals surface area contributed by atoms with Crippen LogP contribution >= 0.6 is 0 Å². The van der Waals surface area contributed by atoms with Crippen LogP contribution in [0, 0.1) is 6.92 Å². The molecule has 0 aliphatic rings. The summed E-state index contributed by atoms with van der Waals surface area (Å²) in [5, 5.41) is 2.69. The van der Waals surface area contributed by atoms with Crippen molar-refractivity contribution in [1.82, 2.24) is 4.98 Å². The molecular weight excluding hydrogens is 174 g/mol. The molecule has 0 saturated carbocycles. The van der Waals surface area contributed by atoms with Crippen LogP contribution in [0.5, 0.6) is 0 Å². The van der Waals surface area contributed by atoms with E-state index in [-0.39, 0.29) is 0 Å². The first-order valence-corrected chi connectivity index (χ1v) is 4.53. The molecule has 0 spiro atoms. The highest BCUT2D eigenvalue weighted by molar-refractivity contribution is 5.81. The predicted octanol–water partition coefficient (Wildman–Crippen LogP) is 1.85. The van der Waals surface area contributed by atoms with Crippen LogP contribution in [0.1, 0.15) is 5.56 Å². The summed E-state index contributed by atoms with van der Waals surface area (Å²) in [6.45, 7) is 2.01. The zero-order chi connectivity index (χ0) is 10.1. The fraction of sp³-hybridized carbons (Fsp3) is 0.182. The highest BCUT2D eigenvalue weighted by atomic mass is 15.4. The summed E-state index contributed by atoms with van der Waals surface area (Å²) in [5.74, 6) is 6.50. The number of rotatable bonds is 1. The molecule has 0 aliphatic carbocycles. The molecule has 0 fully saturated rings. The summed E-state index contributed by atoms with van der Waals surface area (Å²) in [6.07, 6.45) is 0. The molecule has 0 unspecified atom stereocenters. The SMILES string of the molecule is Cc1cc2ccccc2nc1N(C)N. The minimum absolute atomic E-state index is 0.823. The molecule has 1 heterocycles. The predicted molar refractivity (Wildman–Crippen MR) is 59.1 cm³/mol. The number of hydrazine groups is 1. The molecule has 1 aromatic carbocycles. The second-order valence-corrected chi connectivity index (χ2v) is 3.43. The van der Waals surface area contributed by atoms with E-state index in [1.807, 2.05) is 25.1 Å². The van der Waals surface area contributed by atoms with E-state index < -0.39 is 0 Å². The zero-order valence-corrected chi connectivity index (χ0v) is 8.36. The zero-order valence-electron chi connectivity index (χ0n) is 8.36. The Bertz CT molecular complexity index is 463. The lowest BCUT2D eigenvalue weighted by atomic mass is 10.1. The molecule has 3 heteroatoms. The molecule has 14 heavy (non-hydrogen) atoms.